The molecule has 0 aliphatic carbocycles. The lowest BCUT2D eigenvalue weighted by Gasteiger charge is -2.34. The van der Waals surface area contributed by atoms with Gasteiger partial charge >= 0.3 is 5.97 Å². The molecule has 20 heavy (non-hydrogen) atoms. The molecule has 2 atom stereocenters. The van der Waals surface area contributed by atoms with E-state index in [1.807, 2.05) is 5.38 Å². The van der Waals surface area contributed by atoms with Gasteiger partial charge in [-0.25, -0.2) is 4.98 Å². The van der Waals surface area contributed by atoms with Crippen molar-refractivity contribution in [1.29, 1.82) is 0 Å². The Morgan fingerprint density at radius 2 is 2.40 bits per heavy atom. The number of nitrogens with zero attached hydrogens (tertiary/aromatic N) is 2. The molecule has 0 amide bonds. The van der Waals surface area contributed by atoms with E-state index in [4.69, 9.17) is 4.74 Å². The summed E-state index contributed by atoms with van der Waals surface area (Å²) >= 11 is 1.51. The number of carboxylic acid groups (broad SMARTS) is 1. The van der Waals surface area contributed by atoms with Crippen LogP contribution in [0.1, 0.15) is 43.5 Å². The van der Waals surface area contributed by atoms with Gasteiger partial charge in [0.1, 0.15) is 16.5 Å². The second-order valence-electron chi connectivity index (χ2n) is 6.11. The first-order valence-electron chi connectivity index (χ1n) is 7.03. The Bertz CT molecular complexity index is 514. The lowest BCUT2D eigenvalue weighted by molar-refractivity contribution is -0.142. The lowest BCUT2D eigenvalue weighted by atomic mass is 9.90. The Hall–Kier alpha value is -0.980. The van der Waals surface area contributed by atoms with Gasteiger partial charge in [0.25, 0.3) is 0 Å². The summed E-state index contributed by atoms with van der Waals surface area (Å²) in [6.07, 6.45) is 2.46. The van der Waals surface area contributed by atoms with Crippen molar-refractivity contribution in [2.24, 2.45) is 0 Å². The van der Waals surface area contributed by atoms with Gasteiger partial charge in [0.15, 0.2) is 0 Å². The zero-order chi connectivity index (χ0) is 14.3. The van der Waals surface area contributed by atoms with Gasteiger partial charge in [-0.3, -0.25) is 9.69 Å². The van der Waals surface area contributed by atoms with Crippen molar-refractivity contribution >= 4 is 17.3 Å². The third-order valence-corrected chi connectivity index (χ3v) is 5.30. The third-order valence-electron chi connectivity index (χ3n) is 4.36. The average Bonchev–Trinajstić information content (AvgIpc) is 3.06. The van der Waals surface area contributed by atoms with Crippen molar-refractivity contribution in [3.63, 3.8) is 0 Å². The molecule has 5 nitrogen and oxygen atoms in total. The molecule has 0 bridgehead atoms. The summed E-state index contributed by atoms with van der Waals surface area (Å²) in [6.45, 7) is 6.16. The molecule has 0 saturated carbocycles. The minimum atomic E-state index is -0.945. The molecule has 1 N–H and O–H groups in total. The van der Waals surface area contributed by atoms with E-state index in [9.17, 15) is 9.90 Å². The summed E-state index contributed by atoms with van der Waals surface area (Å²) in [5.41, 5.74) is -0.322. The van der Waals surface area contributed by atoms with Gasteiger partial charge in [-0.1, -0.05) is 0 Å². The monoisotopic (exact) mass is 296 g/mol. The molecule has 2 aliphatic rings. The Morgan fingerprint density at radius 1 is 1.60 bits per heavy atom. The molecule has 6 heteroatoms. The van der Waals surface area contributed by atoms with Crippen LogP contribution in [0.3, 0.4) is 0 Å². The van der Waals surface area contributed by atoms with Crippen molar-refractivity contribution in [3.05, 3.63) is 16.1 Å². The number of aliphatic carboxylic acids is 1. The highest BCUT2D eigenvalue weighted by molar-refractivity contribution is 7.09. The van der Waals surface area contributed by atoms with Crippen LogP contribution in [-0.2, 0) is 14.9 Å². The molecule has 0 spiro atoms. The molecule has 0 radical (unpaired) electrons. The van der Waals surface area contributed by atoms with Crippen LogP contribution in [0.5, 0.6) is 0 Å². The van der Waals surface area contributed by atoms with Gasteiger partial charge in [-0.15, -0.1) is 11.3 Å². The molecule has 3 rings (SSSR count). The van der Waals surface area contributed by atoms with Gasteiger partial charge < -0.3 is 9.84 Å². The molecule has 2 saturated heterocycles. The molecule has 2 unspecified atom stereocenters. The van der Waals surface area contributed by atoms with Gasteiger partial charge in [-0.2, -0.15) is 0 Å². The highest BCUT2D eigenvalue weighted by atomic mass is 32.1. The molecule has 1 aromatic rings. The zero-order valence-corrected chi connectivity index (χ0v) is 12.7. The van der Waals surface area contributed by atoms with Crippen molar-refractivity contribution in [3.8, 4) is 0 Å². The number of fused-ring (bicyclic) bond motifs is 1. The summed E-state index contributed by atoms with van der Waals surface area (Å²) in [7, 11) is 0. The van der Waals surface area contributed by atoms with Crippen LogP contribution in [0, 0.1) is 0 Å². The quantitative estimate of drug-likeness (QED) is 0.925. The smallest absolute Gasteiger partial charge is 0.315 e. The molecule has 2 fully saturated rings. The van der Waals surface area contributed by atoms with E-state index in [-0.39, 0.29) is 6.10 Å². The van der Waals surface area contributed by atoms with Crippen LogP contribution in [0.2, 0.25) is 0 Å². The van der Waals surface area contributed by atoms with Crippen LogP contribution < -0.4 is 0 Å². The van der Waals surface area contributed by atoms with Gasteiger partial charge in [0.2, 0.25) is 0 Å². The fourth-order valence-electron chi connectivity index (χ4n) is 2.80. The Balaban J connectivity index is 1.75. The molecule has 2 aliphatic heterocycles. The second-order valence-corrected chi connectivity index (χ2v) is 7.00. The van der Waals surface area contributed by atoms with Crippen molar-refractivity contribution in [2.75, 3.05) is 19.7 Å². The highest BCUT2D eigenvalue weighted by Crippen LogP contribution is 2.33. The Labute approximate surface area is 122 Å². The summed E-state index contributed by atoms with van der Waals surface area (Å²) in [6, 6.07) is 0.571. The topological polar surface area (TPSA) is 62.7 Å². The number of thiazole rings is 1. The predicted molar refractivity (Wildman–Crippen MR) is 76.1 cm³/mol. The molecule has 0 aromatic carbocycles. The number of ether oxygens (including phenoxy) is 1. The molecular weight excluding hydrogens is 276 g/mol. The zero-order valence-electron chi connectivity index (χ0n) is 11.8. The summed E-state index contributed by atoms with van der Waals surface area (Å²) in [4.78, 5) is 18.3. The lowest BCUT2D eigenvalue weighted by Crippen LogP contribution is -2.42. The molecule has 1 aromatic heterocycles. The van der Waals surface area contributed by atoms with Crippen LogP contribution >= 0.6 is 11.3 Å². The minimum absolute atomic E-state index is 0.00676. The average molecular weight is 296 g/mol. The number of hydrogen-bond acceptors (Lipinski definition) is 5. The SMILES string of the molecule is CC(C)(C(=O)O)c1csc(C2CN3CCCC3CO2)n1. The summed E-state index contributed by atoms with van der Waals surface area (Å²) in [5.74, 6) is -0.849. The summed E-state index contributed by atoms with van der Waals surface area (Å²) < 4.78 is 5.92. The maximum absolute atomic E-state index is 11.3. The van der Waals surface area contributed by atoms with Crippen LogP contribution in [0.25, 0.3) is 0 Å². The van der Waals surface area contributed by atoms with Crippen molar-refractivity contribution < 1.29 is 14.6 Å². The highest BCUT2D eigenvalue weighted by Gasteiger charge is 2.36. The summed E-state index contributed by atoms with van der Waals surface area (Å²) in [5, 5.41) is 12.0. The standard InChI is InChI=1S/C14H20N2O3S/c1-14(2,13(17)18)11-8-20-12(15-11)10-6-16-5-3-4-9(16)7-19-10/h8-10H,3-7H2,1-2H3,(H,17,18). The predicted octanol–water partition coefficient (Wildman–Crippen LogP) is 2.04. The Kier molecular flexibility index (Phi) is 3.56. The fourth-order valence-corrected chi connectivity index (χ4v) is 3.82. The van der Waals surface area contributed by atoms with E-state index < -0.39 is 11.4 Å². The van der Waals surface area contributed by atoms with Crippen molar-refractivity contribution in [1.82, 2.24) is 9.88 Å². The Morgan fingerprint density at radius 3 is 3.15 bits per heavy atom. The number of carbonyl (C=O) groups is 1. The normalized spacial score (nSPS) is 27.5. The third kappa shape index (κ3) is 2.36. The molecular formula is C14H20N2O3S. The van der Waals surface area contributed by atoms with Crippen LogP contribution in [0.15, 0.2) is 5.38 Å². The maximum Gasteiger partial charge on any atom is 0.315 e. The van der Waals surface area contributed by atoms with Gasteiger partial charge in [0.05, 0.1) is 12.3 Å². The van der Waals surface area contributed by atoms with E-state index >= 15 is 0 Å². The van der Waals surface area contributed by atoms with E-state index in [2.05, 4.69) is 9.88 Å². The number of hydrogen-bond donors (Lipinski definition) is 1. The number of rotatable bonds is 3. The number of aromatic nitrogens is 1. The number of carboxylic acids is 1. The minimum Gasteiger partial charge on any atom is -0.481 e. The maximum atomic E-state index is 11.3. The van der Waals surface area contributed by atoms with Gasteiger partial charge in [0, 0.05) is 18.0 Å². The molecule has 110 valence electrons. The van der Waals surface area contributed by atoms with Gasteiger partial charge in [-0.05, 0) is 33.2 Å². The first-order valence-corrected chi connectivity index (χ1v) is 7.91. The first-order chi connectivity index (χ1) is 9.48. The fraction of sp³-hybridized carbons (Fsp3) is 0.714. The largest absolute Gasteiger partial charge is 0.481 e. The second kappa shape index (κ2) is 5.09. The van der Waals surface area contributed by atoms with E-state index in [0.717, 1.165) is 24.7 Å². The van der Waals surface area contributed by atoms with E-state index in [0.29, 0.717) is 11.7 Å². The van der Waals surface area contributed by atoms with Crippen molar-refractivity contribution in [2.45, 2.75) is 44.2 Å². The van der Waals surface area contributed by atoms with E-state index in [1.165, 1.54) is 24.2 Å². The van der Waals surface area contributed by atoms with Crippen LogP contribution in [-0.4, -0.2) is 46.7 Å². The first kappa shape index (κ1) is 14.0. The molecule has 3 heterocycles. The van der Waals surface area contributed by atoms with E-state index in [1.54, 1.807) is 13.8 Å². The van der Waals surface area contributed by atoms with Crippen LogP contribution in [0.4, 0.5) is 0 Å². The number of morpholine rings is 1.